The second-order valence-electron chi connectivity index (χ2n) is 9.03. The summed E-state index contributed by atoms with van der Waals surface area (Å²) in [5.74, 6) is 2.65. The number of para-hydroxylation sites is 1. The zero-order chi connectivity index (χ0) is 23.4. The zero-order valence-electron chi connectivity index (χ0n) is 18.7. The van der Waals surface area contributed by atoms with Gasteiger partial charge in [0.2, 0.25) is 5.82 Å². The zero-order valence-corrected chi connectivity index (χ0v) is 18.7. The highest BCUT2D eigenvalue weighted by atomic mass is 19.4. The third kappa shape index (κ3) is 3.44. The maximum absolute atomic E-state index is 13.0. The molecule has 2 aliphatic heterocycles. The number of nitrogens with zero attached hydrogens (tertiary/aromatic N) is 5. The Labute approximate surface area is 195 Å². The summed E-state index contributed by atoms with van der Waals surface area (Å²) in [7, 11) is 2.04. The SMILES string of the molecule is CN1Cc2c(nn(Cc3ccc(C(F)(F)F)cc3)c2Nc2ccccc2)N2C1=[N+]=C1CCCC12. The minimum atomic E-state index is -4.35. The molecule has 1 N–H and O–H groups in total. The first-order valence-electron chi connectivity index (χ1n) is 11.4. The van der Waals surface area contributed by atoms with Crippen LogP contribution in [-0.2, 0) is 19.3 Å². The van der Waals surface area contributed by atoms with Crippen LogP contribution in [0, 0.1) is 0 Å². The lowest BCUT2D eigenvalue weighted by atomic mass is 10.1. The van der Waals surface area contributed by atoms with Crippen LogP contribution in [-0.4, -0.2) is 39.4 Å². The molecule has 9 heteroatoms. The lowest BCUT2D eigenvalue weighted by Crippen LogP contribution is -2.49. The predicted molar refractivity (Wildman–Crippen MR) is 126 cm³/mol. The molecule has 3 heterocycles. The van der Waals surface area contributed by atoms with Crippen molar-refractivity contribution in [3.05, 3.63) is 71.3 Å². The Morgan fingerprint density at radius 1 is 1.09 bits per heavy atom. The van der Waals surface area contributed by atoms with Gasteiger partial charge in [0.1, 0.15) is 12.4 Å². The molecule has 3 aliphatic rings. The van der Waals surface area contributed by atoms with Crippen LogP contribution in [0.4, 0.5) is 30.5 Å². The smallest absolute Gasteiger partial charge is 0.340 e. The van der Waals surface area contributed by atoms with E-state index in [4.69, 9.17) is 9.77 Å². The second kappa shape index (κ2) is 7.67. The van der Waals surface area contributed by atoms with Crippen molar-refractivity contribution in [1.29, 1.82) is 0 Å². The van der Waals surface area contributed by atoms with E-state index in [9.17, 15) is 13.2 Å². The summed E-state index contributed by atoms with van der Waals surface area (Å²) < 4.78 is 45.8. The van der Waals surface area contributed by atoms with Crippen LogP contribution in [0.5, 0.6) is 0 Å². The van der Waals surface area contributed by atoms with Crippen LogP contribution in [0.1, 0.15) is 36.0 Å². The van der Waals surface area contributed by atoms with Gasteiger partial charge in [0.05, 0.1) is 24.7 Å². The van der Waals surface area contributed by atoms with Crippen molar-refractivity contribution in [1.82, 2.24) is 19.3 Å². The summed E-state index contributed by atoms with van der Waals surface area (Å²) in [6.45, 7) is 0.998. The minimum Gasteiger partial charge on any atom is -0.340 e. The first-order chi connectivity index (χ1) is 16.4. The standard InChI is InChI=1S/C25H24F3N6/c1-32-15-19-22(29-18-6-3-2-4-7-18)33(14-16-10-12-17(13-11-16)25(26,27)28)31-23(19)34-21-9-5-8-20(21)30-24(32)34/h2-4,6-7,10-13,21,29H,5,8-9,14-15H2,1H3/q+1. The van der Waals surface area contributed by atoms with E-state index in [1.54, 1.807) is 0 Å². The molecule has 2 aromatic carbocycles. The normalized spacial score (nSPS) is 18.9. The van der Waals surface area contributed by atoms with Crippen LogP contribution >= 0.6 is 0 Å². The lowest BCUT2D eigenvalue weighted by Gasteiger charge is -2.26. The lowest BCUT2D eigenvalue weighted by molar-refractivity contribution is -0.137. The molecule has 174 valence electrons. The molecule has 0 bridgehead atoms. The molecule has 1 fully saturated rings. The predicted octanol–water partition coefficient (Wildman–Crippen LogP) is 4.38. The molecule has 1 aliphatic carbocycles. The highest BCUT2D eigenvalue weighted by Crippen LogP contribution is 2.39. The molecule has 1 unspecified atom stereocenters. The maximum Gasteiger partial charge on any atom is 0.450 e. The minimum absolute atomic E-state index is 0.232. The topological polar surface area (TPSA) is 50.4 Å². The van der Waals surface area contributed by atoms with E-state index in [1.165, 1.54) is 17.8 Å². The summed E-state index contributed by atoms with van der Waals surface area (Å²) in [5, 5.41) is 8.51. The van der Waals surface area contributed by atoms with Crippen molar-refractivity contribution in [3.63, 3.8) is 0 Å². The van der Waals surface area contributed by atoms with Gasteiger partial charge in [-0.15, -0.1) is 5.10 Å². The number of nitrogens with one attached hydrogen (secondary N) is 1. The molecule has 0 saturated heterocycles. The van der Waals surface area contributed by atoms with E-state index in [0.717, 1.165) is 65.8 Å². The highest BCUT2D eigenvalue weighted by molar-refractivity contribution is 6.12. The number of hydrogen-bond acceptors (Lipinski definition) is 4. The molecule has 0 amide bonds. The van der Waals surface area contributed by atoms with Crippen molar-refractivity contribution in [2.45, 2.75) is 44.6 Å². The van der Waals surface area contributed by atoms with E-state index in [-0.39, 0.29) is 6.04 Å². The van der Waals surface area contributed by atoms with E-state index in [0.29, 0.717) is 13.1 Å². The fraction of sp³-hybridized carbons (Fsp3) is 0.320. The van der Waals surface area contributed by atoms with Gasteiger partial charge in [0, 0.05) is 12.1 Å². The van der Waals surface area contributed by atoms with Crippen LogP contribution < -0.4 is 14.9 Å². The molecular weight excluding hydrogens is 441 g/mol. The summed E-state index contributed by atoms with van der Waals surface area (Å²) in [6, 6.07) is 15.4. The van der Waals surface area contributed by atoms with Gasteiger partial charge in [-0.2, -0.15) is 18.1 Å². The molecule has 6 nitrogen and oxygen atoms in total. The van der Waals surface area contributed by atoms with Crippen LogP contribution in [0.25, 0.3) is 0 Å². The van der Waals surface area contributed by atoms with Gasteiger partial charge in [-0.25, -0.2) is 14.2 Å². The van der Waals surface area contributed by atoms with Gasteiger partial charge in [-0.3, -0.25) is 0 Å². The van der Waals surface area contributed by atoms with Crippen molar-refractivity contribution >= 4 is 29.0 Å². The number of alkyl halides is 3. The number of benzene rings is 2. The average Bonchev–Trinajstić information content (AvgIpc) is 3.49. The van der Waals surface area contributed by atoms with Crippen LogP contribution in [0.2, 0.25) is 0 Å². The molecule has 0 spiro atoms. The molecule has 1 atom stereocenters. The Hall–Kier alpha value is -3.71. The highest BCUT2D eigenvalue weighted by Gasteiger charge is 2.51. The first-order valence-corrected chi connectivity index (χ1v) is 11.4. The molecule has 6 rings (SSSR count). The molecule has 1 saturated carbocycles. The number of aromatic nitrogens is 2. The third-order valence-electron chi connectivity index (χ3n) is 6.71. The van der Waals surface area contributed by atoms with Crippen LogP contribution in [0.3, 0.4) is 0 Å². The van der Waals surface area contributed by atoms with E-state index >= 15 is 0 Å². The number of fused-ring (bicyclic) bond motifs is 5. The largest absolute Gasteiger partial charge is 0.450 e. The molecular formula is C25H24F3N6+. The first kappa shape index (κ1) is 20.9. The Kier molecular flexibility index (Phi) is 4.71. The second-order valence-corrected chi connectivity index (χ2v) is 9.03. The Morgan fingerprint density at radius 2 is 1.85 bits per heavy atom. The van der Waals surface area contributed by atoms with Gasteiger partial charge >= 0.3 is 12.1 Å². The number of guanidine groups is 1. The van der Waals surface area contributed by atoms with Crippen molar-refractivity contribution < 1.29 is 13.2 Å². The number of anilines is 3. The fourth-order valence-corrected chi connectivity index (χ4v) is 5.07. The summed E-state index contributed by atoms with van der Waals surface area (Å²) in [4.78, 5) is 4.38. The van der Waals surface area contributed by atoms with Gasteiger partial charge < -0.3 is 5.32 Å². The molecule has 3 aromatic rings. The van der Waals surface area contributed by atoms with Crippen molar-refractivity contribution in [2.24, 2.45) is 0 Å². The van der Waals surface area contributed by atoms with Crippen LogP contribution in [0.15, 0.2) is 54.6 Å². The van der Waals surface area contributed by atoms with E-state index in [1.807, 2.05) is 42.1 Å². The van der Waals surface area contributed by atoms with Crippen molar-refractivity contribution in [2.75, 3.05) is 17.3 Å². The maximum atomic E-state index is 13.0. The number of halogens is 3. The molecule has 34 heavy (non-hydrogen) atoms. The Bertz CT molecular complexity index is 1300. The van der Waals surface area contributed by atoms with Gasteiger partial charge in [0.15, 0.2) is 11.8 Å². The van der Waals surface area contributed by atoms with Gasteiger partial charge in [-0.05, 0) is 42.7 Å². The monoisotopic (exact) mass is 465 g/mol. The molecule has 1 aromatic heterocycles. The average molecular weight is 466 g/mol. The number of rotatable bonds is 4. The van der Waals surface area contributed by atoms with Crippen molar-refractivity contribution in [3.8, 4) is 0 Å². The van der Waals surface area contributed by atoms with Gasteiger partial charge in [0.25, 0.3) is 0 Å². The fourth-order valence-electron chi connectivity index (χ4n) is 5.07. The summed E-state index contributed by atoms with van der Waals surface area (Å²) in [6.07, 6.45) is -1.18. The summed E-state index contributed by atoms with van der Waals surface area (Å²) in [5.41, 5.74) is 3.30. The van der Waals surface area contributed by atoms with E-state index in [2.05, 4.69) is 15.1 Å². The van der Waals surface area contributed by atoms with E-state index < -0.39 is 11.7 Å². The Morgan fingerprint density at radius 3 is 2.59 bits per heavy atom. The molecule has 0 radical (unpaired) electrons. The quantitative estimate of drug-likeness (QED) is 0.582. The van der Waals surface area contributed by atoms with Gasteiger partial charge in [-0.1, -0.05) is 30.3 Å². The Balaban J connectivity index is 1.41. The third-order valence-corrected chi connectivity index (χ3v) is 6.71. The number of hydrogen-bond donors (Lipinski definition) is 1. The summed E-state index contributed by atoms with van der Waals surface area (Å²) >= 11 is 0.